The lowest BCUT2D eigenvalue weighted by molar-refractivity contribution is 0.104. The maximum Gasteiger partial charge on any atom is 0.187 e. The Bertz CT molecular complexity index is 366. The minimum Gasteiger partial charge on any atom is -0.494 e. The number of nitrogens with zero attached hydrogens (tertiary/aromatic N) is 1. The molecule has 0 aliphatic heterocycles. The molecule has 1 aromatic carbocycles. The van der Waals surface area contributed by atoms with Crippen molar-refractivity contribution in [3.05, 3.63) is 42.1 Å². The highest BCUT2D eigenvalue weighted by Crippen LogP contribution is 2.12. The largest absolute Gasteiger partial charge is 0.494 e. The van der Waals surface area contributed by atoms with E-state index in [-0.39, 0.29) is 5.78 Å². The van der Waals surface area contributed by atoms with Gasteiger partial charge in [0.05, 0.1) is 6.61 Å². The molecule has 1 aromatic rings. The van der Waals surface area contributed by atoms with E-state index < -0.39 is 0 Å². The summed E-state index contributed by atoms with van der Waals surface area (Å²) in [5.41, 5.74) is 0.668. The second kappa shape index (κ2) is 5.95. The summed E-state index contributed by atoms with van der Waals surface area (Å²) in [5, 5.41) is 0. The van der Waals surface area contributed by atoms with Crippen LogP contribution in [0.1, 0.15) is 17.3 Å². The van der Waals surface area contributed by atoms with E-state index in [1.165, 1.54) is 0 Å². The zero-order chi connectivity index (χ0) is 12.0. The van der Waals surface area contributed by atoms with E-state index in [0.29, 0.717) is 12.2 Å². The Hall–Kier alpha value is -1.77. The average Bonchev–Trinajstić information content (AvgIpc) is 2.27. The topological polar surface area (TPSA) is 29.5 Å². The molecule has 0 saturated heterocycles. The maximum atomic E-state index is 11.7. The van der Waals surface area contributed by atoms with Gasteiger partial charge in [0.1, 0.15) is 5.75 Å². The van der Waals surface area contributed by atoms with Crippen molar-refractivity contribution >= 4 is 5.78 Å². The molecular formula is C13H17NO2. The molecule has 0 aromatic heterocycles. The van der Waals surface area contributed by atoms with Crippen LogP contribution in [0.2, 0.25) is 0 Å². The van der Waals surface area contributed by atoms with Crippen LogP contribution in [0.15, 0.2) is 36.5 Å². The molecule has 0 saturated carbocycles. The third-order valence-electron chi connectivity index (χ3n) is 1.97. The van der Waals surface area contributed by atoms with E-state index in [9.17, 15) is 4.79 Å². The van der Waals surface area contributed by atoms with Gasteiger partial charge < -0.3 is 9.64 Å². The molecule has 0 bridgehead atoms. The second-order valence-corrected chi connectivity index (χ2v) is 3.60. The first kappa shape index (κ1) is 12.3. The lowest BCUT2D eigenvalue weighted by Crippen LogP contribution is -2.03. The van der Waals surface area contributed by atoms with E-state index in [2.05, 4.69) is 0 Å². The summed E-state index contributed by atoms with van der Waals surface area (Å²) in [5.74, 6) is 0.785. The highest BCUT2D eigenvalue weighted by molar-refractivity contribution is 6.04. The summed E-state index contributed by atoms with van der Waals surface area (Å²) >= 11 is 0. The molecule has 0 spiro atoms. The van der Waals surface area contributed by atoms with Gasteiger partial charge >= 0.3 is 0 Å². The van der Waals surface area contributed by atoms with E-state index in [0.717, 1.165) is 5.75 Å². The Morgan fingerprint density at radius 3 is 2.44 bits per heavy atom. The van der Waals surface area contributed by atoms with Crippen LogP contribution in [-0.4, -0.2) is 31.4 Å². The van der Waals surface area contributed by atoms with Gasteiger partial charge in [-0.1, -0.05) is 0 Å². The molecule has 3 heteroatoms. The third-order valence-corrected chi connectivity index (χ3v) is 1.97. The number of carbonyl (C=O) groups excluding carboxylic acids is 1. The number of benzene rings is 1. The van der Waals surface area contributed by atoms with Crippen LogP contribution in [0.25, 0.3) is 0 Å². The van der Waals surface area contributed by atoms with Crippen molar-refractivity contribution in [1.29, 1.82) is 0 Å². The van der Waals surface area contributed by atoms with Gasteiger partial charge in [-0.3, -0.25) is 4.79 Å². The number of ketones is 1. The fourth-order valence-corrected chi connectivity index (χ4v) is 1.20. The molecular weight excluding hydrogens is 202 g/mol. The Balaban J connectivity index is 2.70. The van der Waals surface area contributed by atoms with Crippen LogP contribution in [0.4, 0.5) is 0 Å². The van der Waals surface area contributed by atoms with E-state index in [1.54, 1.807) is 36.5 Å². The summed E-state index contributed by atoms with van der Waals surface area (Å²) in [6, 6.07) is 7.15. The summed E-state index contributed by atoms with van der Waals surface area (Å²) in [4.78, 5) is 13.5. The lowest BCUT2D eigenvalue weighted by atomic mass is 10.1. The fraction of sp³-hybridized carbons (Fsp3) is 0.308. The highest BCUT2D eigenvalue weighted by atomic mass is 16.5. The Labute approximate surface area is 96.3 Å². The first-order valence-corrected chi connectivity index (χ1v) is 5.25. The Morgan fingerprint density at radius 2 is 1.94 bits per heavy atom. The molecule has 0 amide bonds. The van der Waals surface area contributed by atoms with Crippen LogP contribution < -0.4 is 4.74 Å². The van der Waals surface area contributed by atoms with Gasteiger partial charge in [0.15, 0.2) is 5.78 Å². The molecule has 1 rings (SSSR count). The first-order valence-electron chi connectivity index (χ1n) is 5.25. The summed E-state index contributed by atoms with van der Waals surface area (Å²) < 4.78 is 5.30. The number of allylic oxidation sites excluding steroid dienone is 1. The van der Waals surface area contributed by atoms with Crippen molar-refractivity contribution in [2.24, 2.45) is 0 Å². The van der Waals surface area contributed by atoms with E-state index in [4.69, 9.17) is 4.74 Å². The summed E-state index contributed by atoms with van der Waals surface area (Å²) in [6.07, 6.45) is 3.29. The monoisotopic (exact) mass is 219 g/mol. The van der Waals surface area contributed by atoms with Crippen molar-refractivity contribution in [3.8, 4) is 5.75 Å². The number of carbonyl (C=O) groups is 1. The van der Waals surface area contributed by atoms with Gasteiger partial charge in [-0.25, -0.2) is 0 Å². The second-order valence-electron chi connectivity index (χ2n) is 3.60. The van der Waals surface area contributed by atoms with Crippen LogP contribution in [0.5, 0.6) is 5.75 Å². The molecule has 0 unspecified atom stereocenters. The van der Waals surface area contributed by atoms with Crippen LogP contribution >= 0.6 is 0 Å². The SMILES string of the molecule is CCOc1ccc(C(=O)/C=C/N(C)C)cc1. The number of ether oxygens (including phenoxy) is 1. The molecule has 3 nitrogen and oxygen atoms in total. The Morgan fingerprint density at radius 1 is 1.31 bits per heavy atom. The molecule has 0 aliphatic carbocycles. The van der Waals surface area contributed by atoms with Crippen molar-refractivity contribution in [2.75, 3.05) is 20.7 Å². The van der Waals surface area contributed by atoms with Gasteiger partial charge in [0, 0.05) is 31.9 Å². The molecule has 16 heavy (non-hydrogen) atoms. The molecule has 0 atom stereocenters. The molecule has 0 heterocycles. The van der Waals surface area contributed by atoms with E-state index >= 15 is 0 Å². The van der Waals surface area contributed by atoms with Crippen LogP contribution in [-0.2, 0) is 0 Å². The standard InChI is InChI=1S/C13H17NO2/c1-4-16-12-7-5-11(6-8-12)13(15)9-10-14(2)3/h5-10H,4H2,1-3H3/b10-9+. The smallest absolute Gasteiger partial charge is 0.187 e. The highest BCUT2D eigenvalue weighted by Gasteiger charge is 2.01. The zero-order valence-corrected chi connectivity index (χ0v) is 9.93. The minimum atomic E-state index is -0.00301. The van der Waals surface area contributed by atoms with Crippen LogP contribution in [0.3, 0.4) is 0 Å². The first-order chi connectivity index (χ1) is 7.63. The third kappa shape index (κ3) is 3.77. The number of hydrogen-bond acceptors (Lipinski definition) is 3. The van der Waals surface area contributed by atoms with Gasteiger partial charge in [0.2, 0.25) is 0 Å². The average molecular weight is 219 g/mol. The van der Waals surface area contributed by atoms with Crippen LogP contribution in [0, 0.1) is 0 Å². The molecule has 0 radical (unpaired) electrons. The quantitative estimate of drug-likeness (QED) is 0.562. The fourth-order valence-electron chi connectivity index (χ4n) is 1.20. The predicted molar refractivity (Wildman–Crippen MR) is 64.8 cm³/mol. The lowest BCUT2D eigenvalue weighted by Gasteiger charge is -2.04. The van der Waals surface area contributed by atoms with Gasteiger partial charge in [0.25, 0.3) is 0 Å². The Kier molecular flexibility index (Phi) is 4.58. The molecule has 0 N–H and O–H groups in total. The van der Waals surface area contributed by atoms with Gasteiger partial charge in [-0.2, -0.15) is 0 Å². The summed E-state index contributed by atoms with van der Waals surface area (Å²) in [7, 11) is 3.75. The van der Waals surface area contributed by atoms with Gasteiger partial charge in [-0.15, -0.1) is 0 Å². The van der Waals surface area contributed by atoms with Crippen molar-refractivity contribution in [3.63, 3.8) is 0 Å². The molecule has 0 aliphatic rings. The predicted octanol–water partition coefficient (Wildman–Crippen LogP) is 2.34. The van der Waals surface area contributed by atoms with Crippen molar-refractivity contribution in [2.45, 2.75) is 6.92 Å². The molecule has 86 valence electrons. The number of hydrogen-bond donors (Lipinski definition) is 0. The normalized spacial score (nSPS) is 10.4. The number of rotatable bonds is 5. The zero-order valence-electron chi connectivity index (χ0n) is 9.93. The maximum absolute atomic E-state index is 11.7. The molecule has 0 fully saturated rings. The summed E-state index contributed by atoms with van der Waals surface area (Å²) in [6.45, 7) is 2.56. The van der Waals surface area contributed by atoms with Gasteiger partial charge in [-0.05, 0) is 31.2 Å². The van der Waals surface area contributed by atoms with Crippen molar-refractivity contribution in [1.82, 2.24) is 4.90 Å². The van der Waals surface area contributed by atoms with E-state index in [1.807, 2.05) is 25.9 Å². The minimum absolute atomic E-state index is 0.00301. The van der Waals surface area contributed by atoms with Crippen molar-refractivity contribution < 1.29 is 9.53 Å².